The third kappa shape index (κ3) is 6.11. The van der Waals surface area contributed by atoms with Crippen molar-refractivity contribution in [1.29, 1.82) is 0 Å². The lowest BCUT2D eigenvalue weighted by Crippen LogP contribution is -2.14. The van der Waals surface area contributed by atoms with Crippen molar-refractivity contribution in [1.82, 2.24) is 4.57 Å². The van der Waals surface area contributed by atoms with Crippen LogP contribution in [-0.2, 0) is 20.8 Å². The van der Waals surface area contributed by atoms with Crippen molar-refractivity contribution in [3.05, 3.63) is 69.0 Å². The molecular weight excluding hydrogens is 376 g/mol. The van der Waals surface area contributed by atoms with Gasteiger partial charge in [0.25, 0.3) is 5.69 Å². The van der Waals surface area contributed by atoms with E-state index in [1.54, 1.807) is 19.2 Å². The summed E-state index contributed by atoms with van der Waals surface area (Å²) >= 11 is 0. The number of aryl methyl sites for hydroxylation is 1. The van der Waals surface area contributed by atoms with Crippen molar-refractivity contribution >= 4 is 23.5 Å². The predicted octanol–water partition coefficient (Wildman–Crippen LogP) is 3.49. The second-order valence-corrected chi connectivity index (χ2v) is 6.50. The molecule has 1 aromatic heterocycles. The zero-order valence-electron chi connectivity index (χ0n) is 16.7. The summed E-state index contributed by atoms with van der Waals surface area (Å²) in [6, 6.07) is 7.64. The van der Waals surface area contributed by atoms with E-state index < -0.39 is 10.9 Å². The number of methoxy groups -OCH3 is 1. The molecule has 0 aliphatic rings. The molecule has 0 amide bonds. The number of nitro benzene ring substituents is 1. The molecule has 0 aliphatic heterocycles. The van der Waals surface area contributed by atoms with Crippen LogP contribution in [0.25, 0.3) is 6.08 Å². The molecule has 0 bridgehead atoms. The summed E-state index contributed by atoms with van der Waals surface area (Å²) in [6.45, 7) is 4.78. The van der Waals surface area contributed by atoms with Crippen LogP contribution in [-0.4, -0.2) is 41.6 Å². The van der Waals surface area contributed by atoms with Gasteiger partial charge in [-0.15, -0.1) is 0 Å². The Kier molecular flexibility index (Phi) is 7.85. The molecule has 1 aromatic carbocycles. The summed E-state index contributed by atoms with van der Waals surface area (Å²) in [6.07, 6.45) is 3.37. The Morgan fingerprint density at radius 2 is 2.00 bits per heavy atom. The highest BCUT2D eigenvalue weighted by Gasteiger charge is 2.16. The van der Waals surface area contributed by atoms with E-state index in [1.165, 1.54) is 24.3 Å². The van der Waals surface area contributed by atoms with E-state index in [0.29, 0.717) is 17.7 Å². The monoisotopic (exact) mass is 400 g/mol. The normalized spacial score (nSPS) is 11.0. The summed E-state index contributed by atoms with van der Waals surface area (Å²) in [7, 11) is 1.65. The molecule has 0 unspecified atom stereocenters. The first kappa shape index (κ1) is 22.0. The minimum atomic E-state index is -0.696. The predicted molar refractivity (Wildman–Crippen MR) is 108 cm³/mol. The van der Waals surface area contributed by atoms with E-state index in [1.807, 2.05) is 18.4 Å². The summed E-state index contributed by atoms with van der Waals surface area (Å²) in [5, 5.41) is 10.8. The Morgan fingerprint density at radius 3 is 2.69 bits per heavy atom. The van der Waals surface area contributed by atoms with Gasteiger partial charge >= 0.3 is 5.97 Å². The third-order valence-electron chi connectivity index (χ3n) is 4.44. The van der Waals surface area contributed by atoms with Crippen molar-refractivity contribution in [2.24, 2.45) is 0 Å². The first-order valence-electron chi connectivity index (χ1n) is 9.11. The first-order chi connectivity index (χ1) is 13.8. The van der Waals surface area contributed by atoms with Gasteiger partial charge in [0.05, 0.1) is 4.92 Å². The van der Waals surface area contributed by atoms with Crippen LogP contribution in [0.1, 0.15) is 33.7 Å². The smallest absolute Gasteiger partial charge is 0.331 e. The van der Waals surface area contributed by atoms with Crippen molar-refractivity contribution < 1.29 is 24.0 Å². The lowest BCUT2D eigenvalue weighted by Gasteiger charge is -2.09. The highest BCUT2D eigenvalue weighted by Crippen LogP contribution is 2.17. The van der Waals surface area contributed by atoms with Gasteiger partial charge in [-0.2, -0.15) is 0 Å². The maximum atomic E-state index is 12.4. The average molecular weight is 400 g/mol. The topological polar surface area (TPSA) is 101 Å². The molecule has 0 saturated heterocycles. The summed E-state index contributed by atoms with van der Waals surface area (Å²) in [5.74, 6) is -0.980. The summed E-state index contributed by atoms with van der Waals surface area (Å²) in [4.78, 5) is 34.6. The highest BCUT2D eigenvalue weighted by atomic mass is 16.6. The number of non-ortho nitro benzene ring substituents is 1. The van der Waals surface area contributed by atoms with Gasteiger partial charge in [0.15, 0.2) is 6.61 Å². The zero-order valence-corrected chi connectivity index (χ0v) is 16.7. The number of esters is 1. The van der Waals surface area contributed by atoms with E-state index in [4.69, 9.17) is 9.47 Å². The van der Waals surface area contributed by atoms with Gasteiger partial charge in [0.1, 0.15) is 0 Å². The number of ketones is 1. The van der Waals surface area contributed by atoms with Gasteiger partial charge < -0.3 is 14.0 Å². The molecule has 8 nitrogen and oxygen atoms in total. The fourth-order valence-electron chi connectivity index (χ4n) is 2.96. The second-order valence-electron chi connectivity index (χ2n) is 6.50. The number of nitro groups is 1. The molecule has 0 saturated carbocycles. The Morgan fingerprint density at radius 1 is 1.24 bits per heavy atom. The number of carbonyl (C=O) groups excluding carboxylic acids is 2. The van der Waals surface area contributed by atoms with Crippen molar-refractivity contribution in [3.63, 3.8) is 0 Å². The van der Waals surface area contributed by atoms with Crippen LogP contribution in [0.15, 0.2) is 36.4 Å². The van der Waals surface area contributed by atoms with E-state index >= 15 is 0 Å². The standard InChI is InChI=1S/C21H24N2O6/c1-15-12-19(16(2)22(15)10-5-11-28-3)20(24)14-29-21(25)9-8-17-6-4-7-18(13-17)23(26)27/h4,6-9,12-13H,5,10-11,14H2,1-3H3/b9-8+. The van der Waals surface area contributed by atoms with Crippen molar-refractivity contribution in [2.75, 3.05) is 20.3 Å². The van der Waals surface area contributed by atoms with Crippen LogP contribution in [0.2, 0.25) is 0 Å². The van der Waals surface area contributed by atoms with Crippen molar-refractivity contribution in [2.45, 2.75) is 26.8 Å². The lowest BCUT2D eigenvalue weighted by atomic mass is 10.1. The SMILES string of the molecule is COCCCn1c(C)cc(C(=O)COC(=O)/C=C/c2cccc([N+](=O)[O-])c2)c1C. The van der Waals surface area contributed by atoms with E-state index in [-0.39, 0.29) is 18.1 Å². The maximum Gasteiger partial charge on any atom is 0.331 e. The van der Waals surface area contributed by atoms with Gasteiger partial charge in [-0.25, -0.2) is 4.79 Å². The van der Waals surface area contributed by atoms with Gasteiger partial charge in [0, 0.05) is 55.4 Å². The number of hydrogen-bond acceptors (Lipinski definition) is 6. The fraction of sp³-hybridized carbons (Fsp3) is 0.333. The molecule has 2 rings (SSSR count). The van der Waals surface area contributed by atoms with E-state index in [2.05, 4.69) is 0 Å². The molecule has 1 heterocycles. The molecule has 0 spiro atoms. The quantitative estimate of drug-likeness (QED) is 0.151. The number of rotatable bonds is 10. The van der Waals surface area contributed by atoms with Crippen LogP contribution in [0.5, 0.6) is 0 Å². The second kappa shape index (κ2) is 10.3. The first-order valence-corrected chi connectivity index (χ1v) is 9.11. The molecule has 29 heavy (non-hydrogen) atoms. The van der Waals surface area contributed by atoms with Crippen molar-refractivity contribution in [3.8, 4) is 0 Å². The number of hydrogen-bond donors (Lipinski definition) is 0. The molecule has 154 valence electrons. The van der Waals surface area contributed by atoms with Crippen LogP contribution in [0, 0.1) is 24.0 Å². The van der Waals surface area contributed by atoms with Gasteiger partial charge in [0.2, 0.25) is 5.78 Å². The lowest BCUT2D eigenvalue weighted by molar-refractivity contribution is -0.384. The largest absolute Gasteiger partial charge is 0.454 e. The number of ether oxygens (including phenoxy) is 2. The molecule has 0 aliphatic carbocycles. The Labute approximate surface area is 168 Å². The fourth-order valence-corrected chi connectivity index (χ4v) is 2.96. The van der Waals surface area contributed by atoms with Crippen LogP contribution in [0.3, 0.4) is 0 Å². The van der Waals surface area contributed by atoms with E-state index in [0.717, 1.165) is 30.4 Å². The minimum Gasteiger partial charge on any atom is -0.454 e. The molecule has 0 N–H and O–H groups in total. The van der Waals surface area contributed by atoms with Crippen LogP contribution >= 0.6 is 0 Å². The third-order valence-corrected chi connectivity index (χ3v) is 4.44. The molecule has 8 heteroatoms. The number of aromatic nitrogens is 1. The maximum absolute atomic E-state index is 12.4. The molecule has 0 atom stereocenters. The summed E-state index contributed by atoms with van der Waals surface area (Å²) in [5.41, 5.74) is 2.72. The number of carbonyl (C=O) groups is 2. The van der Waals surface area contributed by atoms with Gasteiger partial charge in [-0.1, -0.05) is 12.1 Å². The Balaban J connectivity index is 1.95. The number of nitrogens with zero attached hydrogens (tertiary/aromatic N) is 2. The summed E-state index contributed by atoms with van der Waals surface area (Å²) < 4.78 is 12.1. The molecule has 0 fully saturated rings. The highest BCUT2D eigenvalue weighted by molar-refractivity contribution is 6.00. The Hall–Kier alpha value is -3.26. The number of benzene rings is 1. The van der Waals surface area contributed by atoms with Crippen LogP contribution < -0.4 is 0 Å². The molecule has 0 radical (unpaired) electrons. The molecular formula is C21H24N2O6. The van der Waals surface area contributed by atoms with Crippen LogP contribution in [0.4, 0.5) is 5.69 Å². The minimum absolute atomic E-state index is 0.0726. The van der Waals surface area contributed by atoms with Gasteiger partial charge in [-0.05, 0) is 38.0 Å². The number of Topliss-reactive ketones (excluding diaryl/α,β-unsaturated/α-hetero) is 1. The van der Waals surface area contributed by atoms with Gasteiger partial charge in [-0.3, -0.25) is 14.9 Å². The Bertz CT molecular complexity index is 929. The molecule has 2 aromatic rings. The zero-order chi connectivity index (χ0) is 21.4. The van der Waals surface area contributed by atoms with E-state index in [9.17, 15) is 19.7 Å². The average Bonchev–Trinajstić information content (AvgIpc) is 2.99.